The fourth-order valence-corrected chi connectivity index (χ4v) is 13.5. The molecule has 0 aromatic heterocycles. The molecule has 2 saturated heterocycles. The van der Waals surface area contributed by atoms with Crippen LogP contribution in [0.15, 0.2) is 47.6 Å². The van der Waals surface area contributed by atoms with Crippen LogP contribution in [0.2, 0.25) is 0 Å². The lowest BCUT2D eigenvalue weighted by molar-refractivity contribution is -0.144. The molecular formula is C66H97N13O18S2. The summed E-state index contributed by atoms with van der Waals surface area (Å²) >= 11 is 2.82. The standard InChI is InChI=1S/C66H97N13O18S2/c1-39(2)27-48(62(91)74-50(32-57(85)86)60(89)71-40(3)65(94)78-23-11-14-53(78)63(92)76-49(31-41-16-19-45(81)20-17-41)61(90)72-44(34-80)18-21-56(83)84)75-64(93)54-15-12-24-79(54)66(95)52-38-99-36-43-28-42(35-98-37-51(69-4)58(68)87)29-46(30-43)96-25-9-5-6-10-26-97-70-33-55(82)73-47(59(88)77-52)13-7-8-22-67/h16-17,19-20,28-30,33-34,39-40,44,47-54,69,81H,5-15,18,21-27,31-32,35-38,67H2,1-4H3,(H2,68,87)(H,71,89)(H,72,90)(H,73,82)(H,74,91)(H,75,93)(H,76,92)(H,77,88)(H,83,84)(H,85,86)/b70-33+/t40-,44-,47-,48-,49-,50-,51-,52-,53-,54-/m0/s1. The first-order valence-corrected chi connectivity index (χ1v) is 35.8. The Hall–Kier alpha value is -8.56. The van der Waals surface area contributed by atoms with Crippen molar-refractivity contribution in [2.24, 2.45) is 22.5 Å². The van der Waals surface area contributed by atoms with E-state index in [9.17, 15) is 67.7 Å². The number of likely N-dealkylation sites (tertiary alicyclic amines) is 2. The highest BCUT2D eigenvalue weighted by Crippen LogP contribution is 2.28. The van der Waals surface area contributed by atoms with Crippen LogP contribution >= 0.6 is 23.5 Å². The number of carboxylic acids is 2. The first-order chi connectivity index (χ1) is 47.3. The van der Waals surface area contributed by atoms with Crippen molar-refractivity contribution in [1.29, 1.82) is 0 Å². The number of phenolic OH excluding ortho intramolecular Hbond substituents is 1. The average Bonchev–Trinajstić information content (AvgIpc) is 1.74. The molecule has 2 aromatic rings. The normalized spacial score (nSPS) is 20.1. The van der Waals surface area contributed by atoms with Gasteiger partial charge in [0.1, 0.15) is 78.9 Å². The molecule has 0 aliphatic carbocycles. The van der Waals surface area contributed by atoms with Gasteiger partial charge in [0.05, 0.1) is 25.1 Å². The number of thioether (sulfide) groups is 2. The number of oxime groups is 1. The van der Waals surface area contributed by atoms with E-state index in [1.807, 2.05) is 18.2 Å². The SMILES string of the molecule is CN[C@@H](CSCc1cc2cc(c1)OCCCCCCO/N=C/C(=O)N[C@@H](CCCCN)C(=O)N[C@H](C(=O)N1CCC[C@H]1C(=O)N[C@@H](CC(C)C)C(=O)N[C@@H](CC(=O)O)C(=O)N[C@@H](C)C(=O)N1CCC[C@H]1C(=O)N[C@@H](Cc1ccc(O)cc1)C(=O)N[C@H](C=O)CCC(=O)O)CSC2)C(N)=O. The molecule has 546 valence electrons. The van der Waals surface area contributed by atoms with Crippen LogP contribution in [-0.2, 0) is 85.1 Å². The van der Waals surface area contributed by atoms with Gasteiger partial charge in [0.2, 0.25) is 53.2 Å². The maximum Gasteiger partial charge on any atom is 0.305 e. The molecule has 0 radical (unpaired) electrons. The highest BCUT2D eigenvalue weighted by Gasteiger charge is 2.42. The molecule has 2 fully saturated rings. The molecule has 0 spiro atoms. The first kappa shape index (κ1) is 81.1. The summed E-state index contributed by atoms with van der Waals surface area (Å²) < 4.78 is 6.24. The minimum absolute atomic E-state index is 0.0216. The molecule has 15 N–H and O–H groups in total. The van der Waals surface area contributed by atoms with Crippen molar-refractivity contribution in [1.82, 2.24) is 52.3 Å². The monoisotopic (exact) mass is 1420 g/mol. The van der Waals surface area contributed by atoms with Crippen LogP contribution in [0.3, 0.4) is 0 Å². The highest BCUT2D eigenvalue weighted by molar-refractivity contribution is 7.98. The number of fused-ring (bicyclic) bond motifs is 2. The Morgan fingerprint density at radius 3 is 2.07 bits per heavy atom. The molecule has 0 saturated carbocycles. The number of nitrogens with one attached hydrogen (secondary N) is 8. The third-order valence-corrected chi connectivity index (χ3v) is 18.8. The second kappa shape index (κ2) is 42.4. The lowest BCUT2D eigenvalue weighted by atomic mass is 10.0. The first-order valence-electron chi connectivity index (χ1n) is 33.4. The van der Waals surface area contributed by atoms with Gasteiger partial charge in [-0.05, 0) is 151 Å². The van der Waals surface area contributed by atoms with E-state index in [-0.39, 0.29) is 75.6 Å². The second-order valence-electron chi connectivity index (χ2n) is 25.1. The van der Waals surface area contributed by atoms with Gasteiger partial charge in [-0.2, -0.15) is 23.5 Å². The summed E-state index contributed by atoms with van der Waals surface area (Å²) in [7, 11) is 1.65. The van der Waals surface area contributed by atoms with Gasteiger partial charge in [-0.1, -0.05) is 37.2 Å². The number of hydrogen-bond acceptors (Lipinski definition) is 21. The van der Waals surface area contributed by atoms with Gasteiger partial charge in [-0.3, -0.25) is 57.5 Å². The lowest BCUT2D eigenvalue weighted by Crippen LogP contribution is -2.60. The number of aldehydes is 1. The molecule has 2 aromatic carbocycles. The van der Waals surface area contributed by atoms with Crippen molar-refractivity contribution in [3.05, 3.63) is 59.2 Å². The van der Waals surface area contributed by atoms with Gasteiger partial charge in [0, 0.05) is 48.9 Å². The molecule has 3 aliphatic rings. The summed E-state index contributed by atoms with van der Waals surface area (Å²) in [5.41, 5.74) is 13.6. The minimum Gasteiger partial charge on any atom is -0.508 e. The predicted molar refractivity (Wildman–Crippen MR) is 367 cm³/mol. The van der Waals surface area contributed by atoms with E-state index >= 15 is 4.79 Å². The fourth-order valence-electron chi connectivity index (χ4n) is 11.4. The molecule has 3 aliphatic heterocycles. The van der Waals surface area contributed by atoms with Gasteiger partial charge in [0.25, 0.3) is 5.91 Å². The summed E-state index contributed by atoms with van der Waals surface area (Å²) in [6.07, 6.45) is 4.47. The van der Waals surface area contributed by atoms with E-state index in [1.165, 1.54) is 64.5 Å². The topological polar surface area (TPSA) is 468 Å². The number of amides is 10. The number of ether oxygens (including phenoxy) is 1. The third-order valence-electron chi connectivity index (χ3n) is 16.6. The van der Waals surface area contributed by atoms with Crippen molar-refractivity contribution >= 4 is 107 Å². The fraction of sp³-hybridized carbons (Fsp3) is 0.606. The maximum atomic E-state index is 15.1. The van der Waals surface area contributed by atoms with Gasteiger partial charge in [-0.25, -0.2) is 0 Å². The average molecular weight is 1420 g/mol. The molecule has 10 atom stereocenters. The number of aromatic hydroxyl groups is 1. The van der Waals surface area contributed by atoms with Crippen LogP contribution in [0.4, 0.5) is 0 Å². The number of carbonyl (C=O) groups excluding carboxylic acids is 11. The van der Waals surface area contributed by atoms with Gasteiger partial charge < -0.3 is 93.5 Å². The number of primary amides is 1. The predicted octanol–water partition coefficient (Wildman–Crippen LogP) is 0.239. The number of nitrogens with zero attached hydrogens (tertiary/aromatic N) is 3. The number of unbranched alkanes of at least 4 members (excludes halogenated alkanes) is 1. The van der Waals surface area contributed by atoms with Crippen LogP contribution in [0, 0.1) is 5.92 Å². The summed E-state index contributed by atoms with van der Waals surface area (Å²) in [4.78, 5) is 183. The minimum atomic E-state index is -1.82. The third kappa shape index (κ3) is 27.9. The van der Waals surface area contributed by atoms with Crippen molar-refractivity contribution in [2.45, 2.75) is 195 Å². The number of nitrogens with two attached hydrogens (primary N) is 2. The van der Waals surface area contributed by atoms with Crippen molar-refractivity contribution in [3.63, 3.8) is 0 Å². The zero-order valence-electron chi connectivity index (χ0n) is 56.5. The van der Waals surface area contributed by atoms with Crippen LogP contribution in [0.5, 0.6) is 11.5 Å². The number of carbonyl (C=O) groups is 13. The second-order valence-corrected chi connectivity index (χ2v) is 27.1. The summed E-state index contributed by atoms with van der Waals surface area (Å²) in [6.45, 7) is 5.84. The summed E-state index contributed by atoms with van der Waals surface area (Å²) in [5, 5.41) is 54.0. The van der Waals surface area contributed by atoms with Crippen LogP contribution in [-0.4, -0.2) is 220 Å². The Balaban J connectivity index is 1.33. The quantitative estimate of drug-likeness (QED) is 0.0345. The number of carboxylic acid groups (broad SMARTS) is 2. The molecule has 31 nitrogen and oxygen atoms in total. The van der Waals surface area contributed by atoms with E-state index in [2.05, 4.69) is 47.7 Å². The molecular weight excluding hydrogens is 1330 g/mol. The van der Waals surface area contributed by atoms with E-state index in [0.29, 0.717) is 80.1 Å². The molecule has 3 heterocycles. The summed E-state index contributed by atoms with van der Waals surface area (Å²) in [6, 6.07) is -1.09. The Morgan fingerprint density at radius 2 is 1.42 bits per heavy atom. The maximum absolute atomic E-state index is 15.1. The molecule has 33 heteroatoms. The number of phenols is 1. The van der Waals surface area contributed by atoms with Gasteiger partial charge in [0.15, 0.2) is 0 Å². The molecule has 0 unspecified atom stereocenters. The summed E-state index contributed by atoms with van der Waals surface area (Å²) in [5.74, 6) is -9.03. The Bertz CT molecular complexity index is 3130. The molecule has 10 amide bonds. The van der Waals surface area contributed by atoms with Crippen LogP contribution < -0.4 is 58.7 Å². The zero-order chi connectivity index (χ0) is 72.6. The smallest absolute Gasteiger partial charge is 0.305 e. The molecule has 5 rings (SSSR count). The largest absolute Gasteiger partial charge is 0.508 e. The van der Waals surface area contributed by atoms with Crippen LogP contribution in [0.1, 0.15) is 134 Å². The van der Waals surface area contributed by atoms with Gasteiger partial charge in [-0.15, -0.1) is 0 Å². The number of likely N-dealkylation sites (N-methyl/N-ethyl adjacent to an activating group) is 1. The van der Waals surface area contributed by atoms with Crippen molar-refractivity contribution < 1.29 is 87.2 Å². The van der Waals surface area contributed by atoms with E-state index in [0.717, 1.165) is 36.6 Å². The van der Waals surface area contributed by atoms with E-state index in [1.54, 1.807) is 20.9 Å². The highest BCUT2D eigenvalue weighted by atomic mass is 32.2. The van der Waals surface area contributed by atoms with Crippen molar-refractivity contribution in [3.8, 4) is 11.5 Å². The Labute approximate surface area is 584 Å². The van der Waals surface area contributed by atoms with Crippen molar-refractivity contribution in [2.75, 3.05) is 51.4 Å². The van der Waals surface area contributed by atoms with Crippen LogP contribution in [0.25, 0.3) is 0 Å². The zero-order valence-corrected chi connectivity index (χ0v) is 58.1. The number of hydrogen-bond donors (Lipinski definition) is 13. The number of rotatable bonds is 32. The number of aliphatic carboxylic acids is 2. The van der Waals surface area contributed by atoms with E-state index in [4.69, 9.17) is 26.1 Å². The number of benzene rings is 2. The molecule has 2 bridgehead atoms. The van der Waals surface area contributed by atoms with Gasteiger partial charge >= 0.3 is 11.9 Å². The van der Waals surface area contributed by atoms with E-state index < -0.39 is 144 Å². The Morgan fingerprint density at radius 1 is 0.768 bits per heavy atom. The Kier molecular flexibility index (Phi) is 34.7. The molecule has 99 heavy (non-hydrogen) atoms. The lowest BCUT2D eigenvalue weighted by Gasteiger charge is -2.31.